The van der Waals surface area contributed by atoms with Gasteiger partial charge in [-0.3, -0.25) is 0 Å². The van der Waals surface area contributed by atoms with Crippen molar-refractivity contribution in [2.75, 3.05) is 5.32 Å². The second-order valence-electron chi connectivity index (χ2n) is 5.07. The van der Waals surface area contributed by atoms with Crippen molar-refractivity contribution in [1.29, 1.82) is 5.26 Å². The van der Waals surface area contributed by atoms with Gasteiger partial charge < -0.3 is 9.72 Å². The number of hydrogen-bond donors (Lipinski definition) is 1. The van der Waals surface area contributed by atoms with E-state index < -0.39 is 17.3 Å². The molecule has 0 aliphatic rings. The Morgan fingerprint density at radius 3 is 2.71 bits per heavy atom. The van der Waals surface area contributed by atoms with Crippen LogP contribution in [0.15, 0.2) is 42.7 Å². The van der Waals surface area contributed by atoms with Crippen molar-refractivity contribution in [2.45, 2.75) is 12.7 Å². The standard InChI is InChI=1S/C16H10ClF3N4/c17-11-2-4-15-23-13(9-24(15)8-11)7-22-12-3-1-10(6-21)14(5-12)16(18,19)20/h1-5,8-9,22H,7H2. The van der Waals surface area contributed by atoms with Crippen LogP contribution in [0, 0.1) is 11.3 Å². The number of imidazole rings is 1. The number of nitrogens with one attached hydrogen (secondary N) is 1. The average Bonchev–Trinajstić information content (AvgIpc) is 2.93. The Morgan fingerprint density at radius 1 is 1.21 bits per heavy atom. The number of aromatic nitrogens is 2. The van der Waals surface area contributed by atoms with Crippen LogP contribution in [0.3, 0.4) is 0 Å². The summed E-state index contributed by atoms with van der Waals surface area (Å²) in [6.45, 7) is 0.239. The van der Waals surface area contributed by atoms with E-state index in [4.69, 9.17) is 16.9 Å². The summed E-state index contributed by atoms with van der Waals surface area (Å²) in [6.07, 6.45) is -1.15. The Kier molecular flexibility index (Phi) is 4.08. The molecular weight excluding hydrogens is 341 g/mol. The minimum absolute atomic E-state index is 0.239. The number of hydrogen-bond acceptors (Lipinski definition) is 3. The normalized spacial score (nSPS) is 11.5. The molecule has 4 nitrogen and oxygen atoms in total. The second-order valence-corrected chi connectivity index (χ2v) is 5.50. The van der Waals surface area contributed by atoms with Gasteiger partial charge in [-0.1, -0.05) is 11.6 Å². The first-order chi connectivity index (χ1) is 11.4. The number of pyridine rings is 1. The number of rotatable bonds is 3. The zero-order valence-corrected chi connectivity index (χ0v) is 12.9. The molecule has 0 atom stereocenters. The van der Waals surface area contributed by atoms with Crippen LogP contribution >= 0.6 is 11.6 Å². The van der Waals surface area contributed by atoms with Crippen molar-refractivity contribution in [1.82, 2.24) is 9.38 Å². The molecule has 3 aromatic rings. The third kappa shape index (κ3) is 3.29. The van der Waals surface area contributed by atoms with Crippen molar-refractivity contribution >= 4 is 22.9 Å². The molecule has 2 aromatic heterocycles. The smallest absolute Gasteiger partial charge is 0.379 e. The molecule has 8 heteroatoms. The SMILES string of the molecule is N#Cc1ccc(NCc2cn3cc(Cl)ccc3n2)cc1C(F)(F)F. The Morgan fingerprint density at radius 2 is 2.00 bits per heavy atom. The third-order valence-electron chi connectivity index (χ3n) is 3.38. The van der Waals surface area contributed by atoms with Crippen molar-refractivity contribution < 1.29 is 13.2 Å². The summed E-state index contributed by atoms with van der Waals surface area (Å²) in [6, 6.07) is 8.50. The van der Waals surface area contributed by atoms with Gasteiger partial charge in [0.2, 0.25) is 0 Å². The Hall–Kier alpha value is -2.72. The third-order valence-corrected chi connectivity index (χ3v) is 3.61. The summed E-state index contributed by atoms with van der Waals surface area (Å²) in [5.41, 5.74) is 0.228. The zero-order chi connectivity index (χ0) is 17.3. The van der Waals surface area contributed by atoms with Gasteiger partial charge in [0, 0.05) is 18.1 Å². The van der Waals surface area contributed by atoms with E-state index in [1.54, 1.807) is 35.0 Å². The summed E-state index contributed by atoms with van der Waals surface area (Å²) >= 11 is 5.89. The molecule has 122 valence electrons. The highest BCUT2D eigenvalue weighted by atomic mass is 35.5. The summed E-state index contributed by atoms with van der Waals surface area (Å²) < 4.78 is 40.6. The van der Waals surface area contributed by atoms with E-state index in [2.05, 4.69) is 10.3 Å². The summed E-state index contributed by atoms with van der Waals surface area (Å²) in [7, 11) is 0. The van der Waals surface area contributed by atoms with Crippen LogP contribution in [0.1, 0.15) is 16.8 Å². The van der Waals surface area contributed by atoms with Crippen LogP contribution in [-0.4, -0.2) is 9.38 Å². The highest BCUT2D eigenvalue weighted by Crippen LogP contribution is 2.33. The molecule has 0 aliphatic carbocycles. The first-order valence-electron chi connectivity index (χ1n) is 6.85. The van der Waals surface area contributed by atoms with Gasteiger partial charge in [0.05, 0.1) is 34.5 Å². The van der Waals surface area contributed by atoms with E-state index in [0.717, 1.165) is 12.1 Å². The molecule has 0 aliphatic heterocycles. The van der Waals surface area contributed by atoms with Crippen molar-refractivity contribution in [2.24, 2.45) is 0 Å². The Balaban J connectivity index is 1.82. The van der Waals surface area contributed by atoms with Gasteiger partial charge in [-0.25, -0.2) is 4.98 Å². The van der Waals surface area contributed by atoms with E-state index >= 15 is 0 Å². The van der Waals surface area contributed by atoms with E-state index in [1.807, 2.05) is 0 Å². The lowest BCUT2D eigenvalue weighted by atomic mass is 10.1. The number of fused-ring (bicyclic) bond motifs is 1. The van der Waals surface area contributed by atoms with Crippen molar-refractivity contribution in [3.05, 3.63) is 64.6 Å². The van der Waals surface area contributed by atoms with Gasteiger partial charge >= 0.3 is 6.18 Å². The van der Waals surface area contributed by atoms with Crippen molar-refractivity contribution in [3.63, 3.8) is 0 Å². The fourth-order valence-electron chi connectivity index (χ4n) is 2.28. The van der Waals surface area contributed by atoms with Gasteiger partial charge in [0.1, 0.15) is 5.65 Å². The Labute approximate surface area is 140 Å². The first-order valence-corrected chi connectivity index (χ1v) is 7.23. The highest BCUT2D eigenvalue weighted by Gasteiger charge is 2.33. The van der Waals surface area contributed by atoms with Gasteiger partial charge in [-0.2, -0.15) is 18.4 Å². The lowest BCUT2D eigenvalue weighted by Crippen LogP contribution is -2.09. The topological polar surface area (TPSA) is 53.1 Å². The molecule has 2 heterocycles. The molecule has 0 spiro atoms. The molecule has 0 saturated heterocycles. The van der Waals surface area contributed by atoms with Crippen LogP contribution in [0.2, 0.25) is 5.02 Å². The number of nitriles is 1. The quantitative estimate of drug-likeness (QED) is 0.757. The summed E-state index contributed by atoms with van der Waals surface area (Å²) in [4.78, 5) is 4.34. The molecule has 1 aromatic carbocycles. The molecule has 3 rings (SSSR count). The van der Waals surface area contributed by atoms with Crippen LogP contribution in [0.25, 0.3) is 5.65 Å². The van der Waals surface area contributed by atoms with Gasteiger partial charge in [-0.15, -0.1) is 0 Å². The van der Waals surface area contributed by atoms with E-state index in [1.165, 1.54) is 6.07 Å². The van der Waals surface area contributed by atoms with E-state index in [9.17, 15) is 13.2 Å². The predicted molar refractivity (Wildman–Crippen MR) is 83.7 cm³/mol. The lowest BCUT2D eigenvalue weighted by molar-refractivity contribution is -0.137. The molecule has 0 amide bonds. The van der Waals surface area contributed by atoms with Crippen LogP contribution in [0.4, 0.5) is 18.9 Å². The molecule has 0 saturated carbocycles. The van der Waals surface area contributed by atoms with Gasteiger partial charge in [0.25, 0.3) is 0 Å². The summed E-state index contributed by atoms with van der Waals surface area (Å²) in [5, 5.41) is 12.2. The lowest BCUT2D eigenvalue weighted by Gasteiger charge is -2.11. The van der Waals surface area contributed by atoms with Gasteiger partial charge in [0.15, 0.2) is 0 Å². The molecule has 24 heavy (non-hydrogen) atoms. The van der Waals surface area contributed by atoms with E-state index in [-0.39, 0.29) is 12.2 Å². The maximum absolute atomic E-state index is 12.9. The molecular formula is C16H10ClF3N4. The molecule has 0 radical (unpaired) electrons. The predicted octanol–water partition coefficient (Wildman–Crippen LogP) is 4.49. The highest BCUT2D eigenvalue weighted by molar-refractivity contribution is 6.30. The first kappa shape index (κ1) is 16.1. The fourth-order valence-corrected chi connectivity index (χ4v) is 2.45. The molecule has 0 fully saturated rings. The minimum Gasteiger partial charge on any atom is -0.379 e. The molecule has 1 N–H and O–H groups in total. The maximum atomic E-state index is 12.9. The van der Waals surface area contributed by atoms with E-state index in [0.29, 0.717) is 16.4 Å². The summed E-state index contributed by atoms with van der Waals surface area (Å²) in [5.74, 6) is 0. The number of alkyl halides is 3. The fraction of sp³-hybridized carbons (Fsp3) is 0.125. The number of nitrogens with zero attached hydrogens (tertiary/aromatic N) is 3. The van der Waals surface area contributed by atoms with Crippen LogP contribution in [0.5, 0.6) is 0 Å². The Bertz CT molecular complexity index is 941. The number of anilines is 1. The molecule has 0 unspecified atom stereocenters. The van der Waals surface area contributed by atoms with Crippen molar-refractivity contribution in [3.8, 4) is 6.07 Å². The maximum Gasteiger partial charge on any atom is 0.417 e. The number of benzene rings is 1. The van der Waals surface area contributed by atoms with Crippen LogP contribution < -0.4 is 5.32 Å². The second kappa shape index (κ2) is 6.06. The van der Waals surface area contributed by atoms with Gasteiger partial charge in [-0.05, 0) is 30.3 Å². The number of halogens is 4. The largest absolute Gasteiger partial charge is 0.417 e. The molecule has 0 bridgehead atoms. The average molecular weight is 351 g/mol. The monoisotopic (exact) mass is 350 g/mol. The minimum atomic E-state index is -4.58. The zero-order valence-electron chi connectivity index (χ0n) is 12.1. The van der Waals surface area contributed by atoms with Crippen LogP contribution in [-0.2, 0) is 12.7 Å².